The Labute approximate surface area is 92.6 Å². The molecular formula is C11H22ClNO. The topological polar surface area (TPSA) is 12.5 Å². The van der Waals surface area contributed by atoms with Gasteiger partial charge >= 0.3 is 0 Å². The normalized spacial score (nSPS) is 24.4. The fraction of sp³-hybridized carbons (Fsp3) is 1.00. The molecule has 0 aromatic rings. The molecule has 14 heavy (non-hydrogen) atoms. The lowest BCUT2D eigenvalue weighted by Gasteiger charge is -2.25. The molecule has 1 aliphatic rings. The summed E-state index contributed by atoms with van der Waals surface area (Å²) in [4.78, 5) is 2.44. The highest BCUT2D eigenvalue weighted by Crippen LogP contribution is 2.18. The first kappa shape index (κ1) is 12.3. The molecule has 0 saturated carbocycles. The summed E-state index contributed by atoms with van der Waals surface area (Å²) in [5.41, 5.74) is -0.0177. The molecule has 1 heterocycles. The quantitative estimate of drug-likeness (QED) is 0.674. The Morgan fingerprint density at radius 3 is 2.71 bits per heavy atom. The van der Waals surface area contributed by atoms with Crippen LogP contribution in [0.25, 0.3) is 0 Å². The largest absolute Gasteiger partial charge is 0.375 e. The van der Waals surface area contributed by atoms with E-state index in [2.05, 4.69) is 25.7 Å². The number of ether oxygens (including phenoxy) is 1. The van der Waals surface area contributed by atoms with E-state index in [0.29, 0.717) is 6.04 Å². The maximum Gasteiger partial charge on any atom is 0.0600 e. The molecule has 1 rings (SSSR count). The standard InChI is InChI=1S/C11H22ClNO/c1-11(2,3)14-8-7-13-6-4-5-10(13)9-12/h10H,4-9H2,1-3H3. The van der Waals surface area contributed by atoms with Gasteiger partial charge in [0.25, 0.3) is 0 Å². The van der Waals surface area contributed by atoms with Crippen LogP contribution in [-0.2, 0) is 4.74 Å². The molecule has 1 aliphatic heterocycles. The summed E-state index contributed by atoms with van der Waals surface area (Å²) in [5.74, 6) is 0.759. The molecule has 0 bridgehead atoms. The smallest absolute Gasteiger partial charge is 0.0600 e. The molecule has 3 heteroatoms. The lowest BCUT2D eigenvalue weighted by atomic mass is 10.2. The Bertz CT molecular complexity index is 167. The van der Waals surface area contributed by atoms with Crippen molar-refractivity contribution >= 4 is 11.6 Å². The Morgan fingerprint density at radius 2 is 2.14 bits per heavy atom. The maximum absolute atomic E-state index is 5.89. The fourth-order valence-corrected chi connectivity index (χ4v) is 2.18. The Kier molecular flexibility index (Phi) is 4.68. The van der Waals surface area contributed by atoms with Crippen LogP contribution >= 0.6 is 11.6 Å². The molecule has 1 atom stereocenters. The van der Waals surface area contributed by atoms with Crippen LogP contribution in [0.15, 0.2) is 0 Å². The van der Waals surface area contributed by atoms with Gasteiger partial charge in [0.15, 0.2) is 0 Å². The van der Waals surface area contributed by atoms with E-state index < -0.39 is 0 Å². The molecule has 0 amide bonds. The van der Waals surface area contributed by atoms with E-state index in [-0.39, 0.29) is 5.60 Å². The van der Waals surface area contributed by atoms with Crippen LogP contribution in [0.4, 0.5) is 0 Å². The van der Waals surface area contributed by atoms with Gasteiger partial charge in [-0.1, -0.05) is 0 Å². The van der Waals surface area contributed by atoms with E-state index in [1.165, 1.54) is 19.4 Å². The third-order valence-corrected chi connectivity index (χ3v) is 2.95. The van der Waals surface area contributed by atoms with Crippen molar-refractivity contribution in [3.8, 4) is 0 Å². The van der Waals surface area contributed by atoms with Gasteiger partial charge in [-0.15, -0.1) is 11.6 Å². The first-order chi connectivity index (χ1) is 6.53. The molecule has 0 aliphatic carbocycles. The third kappa shape index (κ3) is 4.16. The highest BCUT2D eigenvalue weighted by molar-refractivity contribution is 6.18. The van der Waals surface area contributed by atoms with E-state index in [0.717, 1.165) is 19.0 Å². The molecule has 0 radical (unpaired) electrons. The molecule has 84 valence electrons. The highest BCUT2D eigenvalue weighted by atomic mass is 35.5. The minimum absolute atomic E-state index is 0.0177. The zero-order valence-electron chi connectivity index (χ0n) is 9.55. The van der Waals surface area contributed by atoms with Crippen molar-refractivity contribution in [1.29, 1.82) is 0 Å². The summed E-state index contributed by atoms with van der Waals surface area (Å²) in [6.45, 7) is 9.30. The van der Waals surface area contributed by atoms with Gasteiger partial charge in [-0.05, 0) is 40.2 Å². The second-order valence-electron chi connectivity index (χ2n) is 4.95. The fourth-order valence-electron chi connectivity index (χ4n) is 1.83. The molecule has 1 fully saturated rings. The second-order valence-corrected chi connectivity index (χ2v) is 5.26. The van der Waals surface area contributed by atoms with Crippen LogP contribution in [0.3, 0.4) is 0 Å². The monoisotopic (exact) mass is 219 g/mol. The van der Waals surface area contributed by atoms with Crippen molar-refractivity contribution in [2.45, 2.75) is 45.3 Å². The zero-order chi connectivity index (χ0) is 10.6. The first-order valence-electron chi connectivity index (χ1n) is 5.47. The zero-order valence-corrected chi connectivity index (χ0v) is 10.3. The van der Waals surface area contributed by atoms with Gasteiger partial charge in [-0.25, -0.2) is 0 Å². The maximum atomic E-state index is 5.89. The summed E-state index contributed by atoms with van der Waals surface area (Å²) in [6.07, 6.45) is 2.53. The number of nitrogens with zero attached hydrogens (tertiary/aromatic N) is 1. The molecule has 1 saturated heterocycles. The number of likely N-dealkylation sites (tertiary alicyclic amines) is 1. The molecule has 0 N–H and O–H groups in total. The Hall–Kier alpha value is 0.210. The predicted octanol–water partition coefficient (Wildman–Crippen LogP) is 2.50. The average Bonchev–Trinajstić information content (AvgIpc) is 2.49. The van der Waals surface area contributed by atoms with E-state index in [9.17, 15) is 0 Å². The van der Waals surface area contributed by atoms with Gasteiger partial charge in [-0.2, -0.15) is 0 Å². The molecule has 1 unspecified atom stereocenters. The SMILES string of the molecule is CC(C)(C)OCCN1CCCC1CCl. The van der Waals surface area contributed by atoms with Gasteiger partial charge in [0, 0.05) is 18.5 Å². The van der Waals surface area contributed by atoms with E-state index in [4.69, 9.17) is 16.3 Å². The van der Waals surface area contributed by atoms with Gasteiger partial charge in [0.2, 0.25) is 0 Å². The molecule has 0 aromatic carbocycles. The van der Waals surface area contributed by atoms with Crippen LogP contribution in [0, 0.1) is 0 Å². The number of hydrogen-bond acceptors (Lipinski definition) is 2. The molecule has 2 nitrogen and oxygen atoms in total. The van der Waals surface area contributed by atoms with Crippen molar-refractivity contribution in [3.05, 3.63) is 0 Å². The summed E-state index contributed by atoms with van der Waals surface area (Å²) >= 11 is 5.89. The van der Waals surface area contributed by atoms with Crippen molar-refractivity contribution in [2.75, 3.05) is 25.6 Å². The van der Waals surface area contributed by atoms with E-state index in [1.54, 1.807) is 0 Å². The molecular weight excluding hydrogens is 198 g/mol. The van der Waals surface area contributed by atoms with Crippen LogP contribution in [-0.4, -0.2) is 42.1 Å². The Morgan fingerprint density at radius 1 is 1.43 bits per heavy atom. The number of halogens is 1. The predicted molar refractivity (Wildman–Crippen MR) is 61.0 cm³/mol. The summed E-state index contributed by atoms with van der Waals surface area (Å²) < 4.78 is 5.70. The minimum Gasteiger partial charge on any atom is -0.375 e. The van der Waals surface area contributed by atoms with Crippen LogP contribution in [0.5, 0.6) is 0 Å². The van der Waals surface area contributed by atoms with Gasteiger partial charge in [0.1, 0.15) is 0 Å². The number of rotatable bonds is 4. The van der Waals surface area contributed by atoms with Crippen LogP contribution in [0.1, 0.15) is 33.6 Å². The van der Waals surface area contributed by atoms with Crippen molar-refractivity contribution in [3.63, 3.8) is 0 Å². The minimum atomic E-state index is -0.0177. The van der Waals surface area contributed by atoms with Crippen molar-refractivity contribution < 1.29 is 4.74 Å². The number of alkyl halides is 1. The second kappa shape index (κ2) is 5.34. The average molecular weight is 220 g/mol. The number of hydrogen-bond donors (Lipinski definition) is 0. The van der Waals surface area contributed by atoms with Gasteiger partial charge in [-0.3, -0.25) is 4.90 Å². The molecule has 0 spiro atoms. The van der Waals surface area contributed by atoms with Crippen molar-refractivity contribution in [1.82, 2.24) is 4.90 Å². The van der Waals surface area contributed by atoms with Crippen molar-refractivity contribution in [2.24, 2.45) is 0 Å². The highest BCUT2D eigenvalue weighted by Gasteiger charge is 2.23. The van der Waals surface area contributed by atoms with Gasteiger partial charge in [0.05, 0.1) is 12.2 Å². The van der Waals surface area contributed by atoms with Crippen LogP contribution in [0.2, 0.25) is 0 Å². The van der Waals surface area contributed by atoms with Gasteiger partial charge < -0.3 is 4.74 Å². The third-order valence-electron chi connectivity index (χ3n) is 2.59. The summed E-state index contributed by atoms with van der Waals surface area (Å²) in [5, 5.41) is 0. The summed E-state index contributed by atoms with van der Waals surface area (Å²) in [7, 11) is 0. The van der Waals surface area contributed by atoms with Crippen LogP contribution < -0.4 is 0 Å². The lowest BCUT2D eigenvalue weighted by Crippen LogP contribution is -2.35. The summed E-state index contributed by atoms with van der Waals surface area (Å²) in [6, 6.07) is 0.584. The molecule has 0 aromatic heterocycles. The Balaban J connectivity index is 2.18. The lowest BCUT2D eigenvalue weighted by molar-refractivity contribution is -0.0136. The first-order valence-corrected chi connectivity index (χ1v) is 6.00. The van der Waals surface area contributed by atoms with E-state index >= 15 is 0 Å². The van der Waals surface area contributed by atoms with E-state index in [1.807, 2.05) is 0 Å².